The Labute approximate surface area is 172 Å². The number of hydrogen-bond acceptors (Lipinski definition) is 6. The lowest BCUT2D eigenvalue weighted by molar-refractivity contribution is -0.119. The number of esters is 1. The van der Waals surface area contributed by atoms with Gasteiger partial charge in [0, 0.05) is 16.9 Å². The minimum absolute atomic E-state index is 0.273. The van der Waals surface area contributed by atoms with Crippen molar-refractivity contribution in [2.75, 3.05) is 24.4 Å². The third kappa shape index (κ3) is 5.26. The molecule has 0 aliphatic rings. The van der Waals surface area contributed by atoms with Crippen molar-refractivity contribution in [2.45, 2.75) is 6.92 Å². The predicted octanol–water partition coefficient (Wildman–Crippen LogP) is 3.64. The molecule has 1 heterocycles. The maximum atomic E-state index is 12.3. The lowest BCUT2D eigenvalue weighted by Crippen LogP contribution is -2.21. The minimum Gasteiger partial charge on any atom is -0.497 e. The topological polar surface area (TPSA) is 107 Å². The van der Waals surface area contributed by atoms with E-state index in [9.17, 15) is 14.4 Å². The Bertz CT molecular complexity index is 1040. The fourth-order valence-electron chi connectivity index (χ4n) is 2.59. The zero-order valence-corrected chi connectivity index (χ0v) is 16.4. The summed E-state index contributed by atoms with van der Waals surface area (Å²) in [6, 6.07) is 14.8. The van der Waals surface area contributed by atoms with Gasteiger partial charge in [-0.1, -0.05) is 0 Å². The van der Waals surface area contributed by atoms with Gasteiger partial charge in [0.25, 0.3) is 11.8 Å². The Kier molecular flexibility index (Phi) is 6.49. The second-order valence-electron chi connectivity index (χ2n) is 6.27. The molecule has 8 heteroatoms. The maximum Gasteiger partial charge on any atom is 0.342 e. The molecule has 0 atom stereocenters. The van der Waals surface area contributed by atoms with Crippen LogP contribution in [-0.2, 0) is 9.53 Å². The molecule has 0 unspecified atom stereocenters. The average Bonchev–Trinajstić information content (AvgIpc) is 3.19. The third-order valence-corrected chi connectivity index (χ3v) is 4.19. The summed E-state index contributed by atoms with van der Waals surface area (Å²) in [7, 11) is 1.57. The van der Waals surface area contributed by atoms with Crippen molar-refractivity contribution in [3.05, 3.63) is 77.7 Å². The summed E-state index contributed by atoms with van der Waals surface area (Å²) in [6.07, 6.45) is 1.37. The number of anilines is 2. The summed E-state index contributed by atoms with van der Waals surface area (Å²) in [5.41, 5.74) is 1.80. The first-order valence-electron chi connectivity index (χ1n) is 9.03. The second kappa shape index (κ2) is 9.42. The summed E-state index contributed by atoms with van der Waals surface area (Å²) in [6.45, 7) is 1.19. The fourth-order valence-corrected chi connectivity index (χ4v) is 2.59. The summed E-state index contributed by atoms with van der Waals surface area (Å²) in [5.74, 6) is -0.313. The number of carbonyl (C=O) groups excluding carboxylic acids is 3. The summed E-state index contributed by atoms with van der Waals surface area (Å²) >= 11 is 0. The highest BCUT2D eigenvalue weighted by molar-refractivity contribution is 6.04. The van der Waals surface area contributed by atoms with Gasteiger partial charge in [-0.05, 0) is 61.5 Å². The van der Waals surface area contributed by atoms with E-state index in [0.29, 0.717) is 28.4 Å². The van der Waals surface area contributed by atoms with Crippen LogP contribution >= 0.6 is 0 Å². The van der Waals surface area contributed by atoms with Gasteiger partial charge in [0.05, 0.1) is 13.4 Å². The lowest BCUT2D eigenvalue weighted by Gasteiger charge is -2.08. The normalized spacial score (nSPS) is 10.2. The highest BCUT2D eigenvalue weighted by Gasteiger charge is 2.15. The van der Waals surface area contributed by atoms with Gasteiger partial charge in [0.1, 0.15) is 17.1 Å². The molecule has 2 aromatic carbocycles. The molecule has 2 amide bonds. The van der Waals surface area contributed by atoms with Crippen LogP contribution in [0.15, 0.2) is 65.3 Å². The number of aryl methyl sites for hydroxylation is 1. The molecule has 0 fully saturated rings. The molecule has 0 saturated heterocycles. The number of carbonyl (C=O) groups is 3. The molecule has 1 aromatic heterocycles. The highest BCUT2D eigenvalue weighted by Crippen LogP contribution is 2.17. The Morgan fingerprint density at radius 1 is 0.900 bits per heavy atom. The highest BCUT2D eigenvalue weighted by atomic mass is 16.5. The van der Waals surface area contributed by atoms with Gasteiger partial charge in [-0.15, -0.1) is 0 Å². The number of methoxy groups -OCH3 is 1. The molecule has 0 aliphatic carbocycles. The standard InChI is InChI=1S/C22H20N2O6/c1-14-19(11-12-29-14)22(27)30-13-20(25)23-16-5-3-15(4-6-16)21(26)24-17-7-9-18(28-2)10-8-17/h3-12H,13H2,1-2H3,(H,23,25)(H,24,26). The summed E-state index contributed by atoms with van der Waals surface area (Å²) in [5, 5.41) is 5.37. The molecule has 0 aliphatic heterocycles. The first-order valence-corrected chi connectivity index (χ1v) is 9.03. The largest absolute Gasteiger partial charge is 0.497 e. The van der Waals surface area contributed by atoms with Gasteiger partial charge in [0.2, 0.25) is 0 Å². The number of hydrogen-bond donors (Lipinski definition) is 2. The van der Waals surface area contributed by atoms with Gasteiger partial charge >= 0.3 is 5.97 Å². The van der Waals surface area contributed by atoms with Crippen LogP contribution < -0.4 is 15.4 Å². The van der Waals surface area contributed by atoms with Crippen molar-refractivity contribution in [3.63, 3.8) is 0 Å². The van der Waals surface area contributed by atoms with Crippen LogP contribution in [0.25, 0.3) is 0 Å². The molecule has 30 heavy (non-hydrogen) atoms. The van der Waals surface area contributed by atoms with Crippen molar-refractivity contribution >= 4 is 29.2 Å². The number of benzene rings is 2. The molecule has 2 N–H and O–H groups in total. The molecule has 3 aromatic rings. The molecule has 0 bridgehead atoms. The summed E-state index contributed by atoms with van der Waals surface area (Å²) in [4.78, 5) is 36.2. The first kappa shape index (κ1) is 20.7. The number of ether oxygens (including phenoxy) is 2. The zero-order valence-electron chi connectivity index (χ0n) is 16.4. The summed E-state index contributed by atoms with van der Waals surface area (Å²) < 4.78 is 15.1. The van der Waals surface area contributed by atoms with Crippen molar-refractivity contribution < 1.29 is 28.3 Å². The van der Waals surface area contributed by atoms with Crippen molar-refractivity contribution in [1.82, 2.24) is 0 Å². The monoisotopic (exact) mass is 408 g/mol. The van der Waals surface area contributed by atoms with E-state index in [1.54, 1.807) is 62.6 Å². The molecule has 3 rings (SSSR count). The number of furan rings is 1. The molecule has 0 radical (unpaired) electrons. The Morgan fingerprint density at radius 3 is 2.13 bits per heavy atom. The van der Waals surface area contributed by atoms with Gasteiger partial charge in [-0.25, -0.2) is 4.79 Å². The molecule has 0 saturated carbocycles. The van der Waals surface area contributed by atoms with Gasteiger partial charge in [0.15, 0.2) is 6.61 Å². The van der Waals surface area contributed by atoms with E-state index in [1.807, 2.05) is 0 Å². The van der Waals surface area contributed by atoms with E-state index >= 15 is 0 Å². The Morgan fingerprint density at radius 2 is 1.53 bits per heavy atom. The molecular weight excluding hydrogens is 388 g/mol. The number of amides is 2. The van der Waals surface area contributed by atoms with E-state index in [1.165, 1.54) is 12.3 Å². The van der Waals surface area contributed by atoms with Gasteiger partial charge < -0.3 is 24.5 Å². The number of rotatable bonds is 7. The molecule has 0 spiro atoms. The fraction of sp³-hybridized carbons (Fsp3) is 0.136. The molecular formula is C22H20N2O6. The predicted molar refractivity (Wildman–Crippen MR) is 110 cm³/mol. The lowest BCUT2D eigenvalue weighted by atomic mass is 10.2. The van der Waals surface area contributed by atoms with Crippen LogP contribution in [0, 0.1) is 6.92 Å². The van der Waals surface area contributed by atoms with Crippen LogP contribution in [0.1, 0.15) is 26.5 Å². The van der Waals surface area contributed by atoms with Crippen LogP contribution in [-0.4, -0.2) is 31.5 Å². The Balaban J connectivity index is 1.50. The zero-order chi connectivity index (χ0) is 21.5. The Hall–Kier alpha value is -4.07. The van der Waals surface area contributed by atoms with Crippen molar-refractivity contribution in [2.24, 2.45) is 0 Å². The number of nitrogens with one attached hydrogen (secondary N) is 2. The van der Waals surface area contributed by atoms with Crippen LogP contribution in [0.4, 0.5) is 11.4 Å². The molecule has 8 nitrogen and oxygen atoms in total. The van der Waals surface area contributed by atoms with E-state index in [0.717, 1.165) is 0 Å². The van der Waals surface area contributed by atoms with E-state index in [-0.39, 0.29) is 11.5 Å². The maximum absolute atomic E-state index is 12.3. The smallest absolute Gasteiger partial charge is 0.342 e. The van der Waals surface area contributed by atoms with Gasteiger partial charge in [-0.2, -0.15) is 0 Å². The third-order valence-electron chi connectivity index (χ3n) is 4.19. The molecule has 154 valence electrons. The first-order chi connectivity index (χ1) is 14.5. The van der Waals surface area contributed by atoms with Crippen LogP contribution in [0.2, 0.25) is 0 Å². The van der Waals surface area contributed by atoms with E-state index < -0.39 is 18.5 Å². The SMILES string of the molecule is COc1ccc(NC(=O)c2ccc(NC(=O)COC(=O)c3ccoc3C)cc2)cc1. The van der Waals surface area contributed by atoms with Crippen LogP contribution in [0.5, 0.6) is 5.75 Å². The van der Waals surface area contributed by atoms with Gasteiger partial charge in [-0.3, -0.25) is 9.59 Å². The van der Waals surface area contributed by atoms with Crippen molar-refractivity contribution in [1.29, 1.82) is 0 Å². The minimum atomic E-state index is -0.637. The quantitative estimate of drug-likeness (QED) is 0.578. The van der Waals surface area contributed by atoms with Crippen molar-refractivity contribution in [3.8, 4) is 5.75 Å². The van der Waals surface area contributed by atoms with E-state index in [4.69, 9.17) is 13.9 Å². The van der Waals surface area contributed by atoms with Crippen LogP contribution in [0.3, 0.4) is 0 Å². The second-order valence-corrected chi connectivity index (χ2v) is 6.27. The van der Waals surface area contributed by atoms with E-state index in [2.05, 4.69) is 10.6 Å². The average molecular weight is 408 g/mol.